The number of urea groups is 1. The normalized spacial score (nSPS) is 30.3. The Kier molecular flexibility index (Phi) is 4.24. The number of carbonyl (C=O) groups is 1. The Labute approximate surface area is 144 Å². The van der Waals surface area contributed by atoms with Gasteiger partial charge in [-0.3, -0.25) is 10.00 Å². The van der Waals surface area contributed by atoms with Crippen molar-refractivity contribution in [2.24, 2.45) is 0 Å². The van der Waals surface area contributed by atoms with Gasteiger partial charge in [-0.2, -0.15) is 5.10 Å². The number of H-pyrrole nitrogens is 1. The third kappa shape index (κ3) is 2.81. The molecule has 0 spiro atoms. The lowest BCUT2D eigenvalue weighted by molar-refractivity contribution is 0.146. The van der Waals surface area contributed by atoms with Gasteiger partial charge in [0.2, 0.25) is 0 Å². The molecule has 2 N–H and O–H groups in total. The number of nitrogens with one attached hydrogen (secondary N) is 2. The minimum absolute atomic E-state index is 0.0883. The van der Waals surface area contributed by atoms with Gasteiger partial charge in [0, 0.05) is 31.2 Å². The number of rotatable bonds is 2. The lowest BCUT2D eigenvalue weighted by Crippen LogP contribution is -2.47. The molecule has 24 heavy (non-hydrogen) atoms. The van der Waals surface area contributed by atoms with Gasteiger partial charge in [0.1, 0.15) is 0 Å². The van der Waals surface area contributed by atoms with E-state index in [1.54, 1.807) is 0 Å². The highest BCUT2D eigenvalue weighted by Crippen LogP contribution is 2.32. The van der Waals surface area contributed by atoms with Gasteiger partial charge in [-0.25, -0.2) is 4.79 Å². The Balaban J connectivity index is 1.43. The maximum absolute atomic E-state index is 12.9. The number of nitrogens with zero attached hydrogens (tertiary/aromatic N) is 3. The van der Waals surface area contributed by atoms with E-state index < -0.39 is 0 Å². The monoisotopic (exact) mass is 331 g/mol. The van der Waals surface area contributed by atoms with Crippen LogP contribution in [0.1, 0.15) is 63.3 Å². The zero-order valence-electron chi connectivity index (χ0n) is 14.8. The molecule has 1 aromatic rings. The molecule has 0 radical (unpaired) electrons. The summed E-state index contributed by atoms with van der Waals surface area (Å²) in [5.74, 6) is 0. The third-order valence-electron chi connectivity index (χ3n) is 6.06. The molecule has 2 fully saturated rings. The summed E-state index contributed by atoms with van der Waals surface area (Å²) in [4.78, 5) is 17.6. The molecule has 3 aliphatic rings. The van der Waals surface area contributed by atoms with Crippen LogP contribution in [0, 0.1) is 0 Å². The van der Waals surface area contributed by atoms with Crippen molar-refractivity contribution in [2.45, 2.75) is 76.5 Å². The molecular formula is C18H29N5O. The molecule has 6 nitrogen and oxygen atoms in total. The van der Waals surface area contributed by atoms with Gasteiger partial charge in [0.05, 0.1) is 17.9 Å². The molecule has 1 aliphatic carbocycles. The van der Waals surface area contributed by atoms with E-state index in [1.165, 1.54) is 18.4 Å². The van der Waals surface area contributed by atoms with Crippen LogP contribution < -0.4 is 5.32 Å². The average molecular weight is 331 g/mol. The summed E-state index contributed by atoms with van der Waals surface area (Å²) in [7, 11) is 0. The molecule has 2 bridgehead atoms. The fraction of sp³-hybridized carbons (Fsp3) is 0.778. The van der Waals surface area contributed by atoms with E-state index >= 15 is 0 Å². The first-order valence-corrected chi connectivity index (χ1v) is 9.48. The van der Waals surface area contributed by atoms with E-state index in [1.807, 2.05) is 11.1 Å². The quantitative estimate of drug-likeness (QED) is 0.875. The van der Waals surface area contributed by atoms with Gasteiger partial charge >= 0.3 is 6.03 Å². The number of aromatic nitrogens is 2. The number of amides is 2. The van der Waals surface area contributed by atoms with Crippen LogP contribution in [-0.4, -0.2) is 57.2 Å². The second-order valence-corrected chi connectivity index (χ2v) is 7.86. The molecule has 2 saturated heterocycles. The first kappa shape index (κ1) is 15.9. The standard InChI is InChI=1S/C18H29N5O/c1-12(2)23-14-6-7-15(23)11-22(9-8-14)18(24)20-16-5-3-4-13-10-19-21-17(13)16/h10,12,14-16H,3-9,11H2,1-2H3,(H,19,21)(H,20,24)/t14-,15-,16+/m0/s1. The zero-order valence-corrected chi connectivity index (χ0v) is 14.8. The third-order valence-corrected chi connectivity index (χ3v) is 6.06. The molecule has 2 amide bonds. The summed E-state index contributed by atoms with van der Waals surface area (Å²) >= 11 is 0. The molecule has 3 atom stereocenters. The molecule has 1 aromatic heterocycles. The Hall–Kier alpha value is -1.56. The molecule has 2 aliphatic heterocycles. The van der Waals surface area contributed by atoms with Crippen molar-refractivity contribution in [1.29, 1.82) is 0 Å². The number of aromatic amines is 1. The minimum atomic E-state index is 0.0883. The molecule has 3 heterocycles. The first-order chi connectivity index (χ1) is 11.6. The van der Waals surface area contributed by atoms with Crippen molar-refractivity contribution in [1.82, 2.24) is 25.3 Å². The van der Waals surface area contributed by atoms with E-state index in [2.05, 4.69) is 34.3 Å². The van der Waals surface area contributed by atoms with Crippen molar-refractivity contribution in [2.75, 3.05) is 13.1 Å². The van der Waals surface area contributed by atoms with Crippen LogP contribution in [-0.2, 0) is 6.42 Å². The van der Waals surface area contributed by atoms with Gasteiger partial charge in [0.25, 0.3) is 0 Å². The largest absolute Gasteiger partial charge is 0.330 e. The first-order valence-electron chi connectivity index (χ1n) is 9.48. The summed E-state index contributed by atoms with van der Waals surface area (Å²) in [5.41, 5.74) is 2.36. The predicted octanol–water partition coefficient (Wildman–Crippen LogP) is 2.44. The van der Waals surface area contributed by atoms with Crippen molar-refractivity contribution in [3.8, 4) is 0 Å². The molecule has 4 rings (SSSR count). The average Bonchev–Trinajstić information content (AvgIpc) is 3.11. The maximum Gasteiger partial charge on any atom is 0.317 e. The number of hydrogen-bond donors (Lipinski definition) is 2. The molecule has 6 heteroatoms. The van der Waals surface area contributed by atoms with Gasteiger partial charge < -0.3 is 10.2 Å². The Morgan fingerprint density at radius 1 is 1.29 bits per heavy atom. The van der Waals surface area contributed by atoms with Crippen molar-refractivity contribution >= 4 is 6.03 Å². The summed E-state index contributed by atoms with van der Waals surface area (Å²) < 4.78 is 0. The van der Waals surface area contributed by atoms with Crippen LogP contribution in [0.3, 0.4) is 0 Å². The summed E-state index contributed by atoms with van der Waals surface area (Å²) in [6.07, 6.45) is 8.69. The maximum atomic E-state index is 12.9. The van der Waals surface area contributed by atoms with E-state index in [-0.39, 0.29) is 12.1 Å². The molecule has 132 valence electrons. The number of carbonyl (C=O) groups excluding carboxylic acids is 1. The topological polar surface area (TPSA) is 64.3 Å². The molecule has 0 saturated carbocycles. The lowest BCUT2D eigenvalue weighted by Gasteiger charge is -2.32. The van der Waals surface area contributed by atoms with Crippen LogP contribution in [0.2, 0.25) is 0 Å². The number of hydrogen-bond acceptors (Lipinski definition) is 3. The number of aryl methyl sites for hydroxylation is 1. The van der Waals surface area contributed by atoms with Crippen molar-refractivity contribution in [3.05, 3.63) is 17.5 Å². The molecule has 0 unspecified atom stereocenters. The summed E-state index contributed by atoms with van der Waals surface area (Å²) in [6, 6.07) is 1.93. The Bertz CT molecular complexity index is 598. The van der Waals surface area contributed by atoms with Crippen LogP contribution in [0.5, 0.6) is 0 Å². The van der Waals surface area contributed by atoms with E-state index in [0.717, 1.165) is 44.5 Å². The fourth-order valence-corrected chi connectivity index (χ4v) is 4.99. The van der Waals surface area contributed by atoms with Crippen LogP contribution >= 0.6 is 0 Å². The minimum Gasteiger partial charge on any atom is -0.330 e. The van der Waals surface area contributed by atoms with E-state index in [0.29, 0.717) is 18.1 Å². The number of fused-ring (bicyclic) bond motifs is 3. The number of likely N-dealkylation sites (tertiary alicyclic amines) is 1. The summed E-state index contributed by atoms with van der Waals surface area (Å²) in [5, 5.41) is 10.5. The van der Waals surface area contributed by atoms with Crippen molar-refractivity contribution in [3.63, 3.8) is 0 Å². The van der Waals surface area contributed by atoms with Crippen LogP contribution in [0.4, 0.5) is 4.79 Å². The second-order valence-electron chi connectivity index (χ2n) is 7.86. The predicted molar refractivity (Wildman–Crippen MR) is 92.8 cm³/mol. The van der Waals surface area contributed by atoms with Crippen molar-refractivity contribution < 1.29 is 4.79 Å². The van der Waals surface area contributed by atoms with Crippen LogP contribution in [0.15, 0.2) is 6.20 Å². The van der Waals surface area contributed by atoms with E-state index in [4.69, 9.17) is 0 Å². The lowest BCUT2D eigenvalue weighted by atomic mass is 9.94. The van der Waals surface area contributed by atoms with Gasteiger partial charge in [-0.1, -0.05) is 0 Å². The second kappa shape index (κ2) is 6.39. The van der Waals surface area contributed by atoms with Gasteiger partial charge in [0.15, 0.2) is 0 Å². The fourth-order valence-electron chi connectivity index (χ4n) is 4.99. The molecular weight excluding hydrogens is 302 g/mol. The zero-order chi connectivity index (χ0) is 16.7. The highest BCUT2D eigenvalue weighted by atomic mass is 16.2. The van der Waals surface area contributed by atoms with Crippen LogP contribution in [0.25, 0.3) is 0 Å². The SMILES string of the molecule is CC(C)N1[C@H]2CC[C@H]1CN(C(=O)N[C@@H]1CCCc3cn[nH]c31)CC2. The van der Waals surface area contributed by atoms with E-state index in [9.17, 15) is 4.79 Å². The highest BCUT2D eigenvalue weighted by molar-refractivity contribution is 5.75. The Morgan fingerprint density at radius 3 is 2.96 bits per heavy atom. The van der Waals surface area contributed by atoms with Gasteiger partial charge in [-0.05, 0) is 57.9 Å². The smallest absolute Gasteiger partial charge is 0.317 e. The summed E-state index contributed by atoms with van der Waals surface area (Å²) in [6.45, 7) is 6.30. The Morgan fingerprint density at radius 2 is 2.12 bits per heavy atom. The highest BCUT2D eigenvalue weighted by Gasteiger charge is 2.39. The van der Waals surface area contributed by atoms with Gasteiger partial charge in [-0.15, -0.1) is 0 Å². The molecule has 0 aromatic carbocycles.